The van der Waals surface area contributed by atoms with Crippen LogP contribution in [0.15, 0.2) is 24.7 Å². The molecule has 1 N–H and O–H groups in total. The molecule has 0 unspecified atom stereocenters. The number of hydrogen-bond acceptors (Lipinski definition) is 5. The summed E-state index contributed by atoms with van der Waals surface area (Å²) in [5, 5.41) is 4.40. The summed E-state index contributed by atoms with van der Waals surface area (Å²) >= 11 is 0. The van der Waals surface area contributed by atoms with E-state index in [1.165, 1.54) is 36.0 Å². The molecule has 0 aromatic carbocycles. The van der Waals surface area contributed by atoms with E-state index in [1.54, 1.807) is 6.33 Å². The van der Waals surface area contributed by atoms with Gasteiger partial charge in [0.25, 0.3) is 0 Å². The minimum Gasteiger partial charge on any atom is -0.381 e. The van der Waals surface area contributed by atoms with Crippen molar-refractivity contribution in [2.45, 2.75) is 52.9 Å². The van der Waals surface area contributed by atoms with E-state index >= 15 is 0 Å². The van der Waals surface area contributed by atoms with Crippen LogP contribution in [-0.2, 0) is 4.74 Å². The lowest BCUT2D eigenvalue weighted by Gasteiger charge is -2.42. The molecule has 0 atom stereocenters. The first-order chi connectivity index (χ1) is 16.5. The maximum atomic E-state index is 5.53. The van der Waals surface area contributed by atoms with Crippen LogP contribution in [-0.4, -0.2) is 50.9 Å². The van der Waals surface area contributed by atoms with Crippen molar-refractivity contribution in [1.82, 2.24) is 24.6 Å². The van der Waals surface area contributed by atoms with Crippen molar-refractivity contribution >= 4 is 22.5 Å². The summed E-state index contributed by atoms with van der Waals surface area (Å²) in [5.74, 6) is 3.07. The van der Waals surface area contributed by atoms with Crippen LogP contribution >= 0.6 is 0 Å². The lowest BCUT2D eigenvalue weighted by Crippen LogP contribution is -2.48. The van der Waals surface area contributed by atoms with Crippen molar-refractivity contribution in [1.29, 1.82) is 0 Å². The first-order valence-electron chi connectivity index (χ1n) is 12.6. The van der Waals surface area contributed by atoms with Gasteiger partial charge in [0, 0.05) is 43.6 Å². The largest absolute Gasteiger partial charge is 0.381 e. The van der Waals surface area contributed by atoms with Gasteiger partial charge < -0.3 is 14.6 Å². The van der Waals surface area contributed by atoms with Crippen LogP contribution in [0.25, 0.3) is 27.9 Å². The summed E-state index contributed by atoms with van der Waals surface area (Å²) in [7, 11) is 0. The Labute approximate surface area is 200 Å². The van der Waals surface area contributed by atoms with Gasteiger partial charge in [0.05, 0.1) is 16.7 Å². The Kier molecular flexibility index (Phi) is 5.32. The van der Waals surface area contributed by atoms with Crippen LogP contribution in [0.4, 0.5) is 5.82 Å². The van der Waals surface area contributed by atoms with Crippen LogP contribution in [0.2, 0.25) is 0 Å². The monoisotopic (exact) mass is 458 g/mol. The molecule has 7 nitrogen and oxygen atoms in total. The topological polar surface area (TPSA) is 71.3 Å². The number of fused-ring (bicyclic) bond motifs is 2. The standard InChI is InChI=1S/C27H34N6O/c1-16(2)24-25(21-14-33-27(28-15-29-33)18(4)17(21)3)30-22-5-6-23(31-26(22)24)32-12-20(13-32)11-19-7-9-34-10-8-19/h5-6,14-16,19-20,30H,7-13H2,1-4H3. The number of hydrogen-bond donors (Lipinski definition) is 1. The lowest BCUT2D eigenvalue weighted by atomic mass is 9.85. The maximum Gasteiger partial charge on any atom is 0.158 e. The molecule has 2 fully saturated rings. The van der Waals surface area contributed by atoms with Gasteiger partial charge in [-0.15, -0.1) is 0 Å². The van der Waals surface area contributed by atoms with Gasteiger partial charge in [-0.2, -0.15) is 5.10 Å². The van der Waals surface area contributed by atoms with E-state index in [9.17, 15) is 0 Å². The summed E-state index contributed by atoms with van der Waals surface area (Å²) in [5.41, 5.74) is 9.08. The summed E-state index contributed by atoms with van der Waals surface area (Å²) in [6.07, 6.45) is 7.50. The van der Waals surface area contributed by atoms with Gasteiger partial charge in [0.2, 0.25) is 0 Å². The van der Waals surface area contributed by atoms with Gasteiger partial charge in [-0.3, -0.25) is 0 Å². The van der Waals surface area contributed by atoms with Crippen LogP contribution in [0.5, 0.6) is 0 Å². The molecule has 2 aliphatic heterocycles. The molecule has 34 heavy (non-hydrogen) atoms. The number of nitrogens with one attached hydrogen (secondary N) is 1. The third kappa shape index (κ3) is 3.57. The Morgan fingerprint density at radius 3 is 2.65 bits per heavy atom. The fourth-order valence-corrected chi connectivity index (χ4v) is 5.84. The number of rotatable bonds is 5. The van der Waals surface area contributed by atoms with Crippen LogP contribution in [0, 0.1) is 25.7 Å². The zero-order chi connectivity index (χ0) is 23.4. The molecule has 4 aromatic rings. The van der Waals surface area contributed by atoms with Crippen molar-refractivity contribution in [2.75, 3.05) is 31.2 Å². The van der Waals surface area contributed by atoms with Crippen molar-refractivity contribution in [2.24, 2.45) is 11.8 Å². The fraction of sp³-hybridized carbons (Fsp3) is 0.519. The average molecular weight is 459 g/mol. The number of H-pyrrole nitrogens is 1. The second-order valence-corrected chi connectivity index (χ2v) is 10.5. The van der Waals surface area contributed by atoms with Crippen molar-refractivity contribution in [3.63, 3.8) is 0 Å². The maximum absolute atomic E-state index is 5.53. The number of aromatic amines is 1. The zero-order valence-corrected chi connectivity index (χ0v) is 20.6. The van der Waals surface area contributed by atoms with Gasteiger partial charge in [-0.05, 0) is 74.1 Å². The summed E-state index contributed by atoms with van der Waals surface area (Å²) < 4.78 is 7.41. The Balaban J connectivity index is 1.32. The van der Waals surface area contributed by atoms with Gasteiger partial charge in [-0.1, -0.05) is 13.8 Å². The third-order valence-electron chi connectivity index (χ3n) is 7.93. The van der Waals surface area contributed by atoms with Crippen LogP contribution in [0.3, 0.4) is 0 Å². The number of pyridine rings is 2. The number of ether oxygens (including phenoxy) is 1. The Morgan fingerprint density at radius 2 is 1.88 bits per heavy atom. The number of nitrogens with zero attached hydrogens (tertiary/aromatic N) is 5. The Morgan fingerprint density at radius 1 is 1.09 bits per heavy atom. The smallest absolute Gasteiger partial charge is 0.158 e. The molecule has 0 aliphatic carbocycles. The molecule has 0 spiro atoms. The van der Waals surface area contributed by atoms with E-state index in [-0.39, 0.29) is 0 Å². The predicted octanol–water partition coefficient (Wildman–Crippen LogP) is 5.27. The zero-order valence-electron chi connectivity index (χ0n) is 20.6. The highest BCUT2D eigenvalue weighted by Crippen LogP contribution is 2.39. The third-order valence-corrected chi connectivity index (χ3v) is 7.93. The minimum absolute atomic E-state index is 0.343. The SMILES string of the molecule is Cc1c(-c2[nH]c3ccc(N4CC(CC5CCOCC5)C4)nc3c2C(C)C)cn2ncnc2c1C. The minimum atomic E-state index is 0.343. The Bertz CT molecular complexity index is 1340. The molecule has 0 saturated carbocycles. The van der Waals surface area contributed by atoms with Gasteiger partial charge in [0.15, 0.2) is 5.65 Å². The van der Waals surface area contributed by atoms with E-state index in [1.807, 2.05) is 4.52 Å². The number of anilines is 1. The quantitative estimate of drug-likeness (QED) is 0.441. The molecular formula is C27H34N6O. The van der Waals surface area contributed by atoms with E-state index < -0.39 is 0 Å². The number of aromatic nitrogens is 5. The molecule has 178 valence electrons. The predicted molar refractivity (Wildman–Crippen MR) is 136 cm³/mol. The summed E-state index contributed by atoms with van der Waals surface area (Å²) in [4.78, 5) is 15.8. The van der Waals surface area contributed by atoms with Gasteiger partial charge in [0.1, 0.15) is 12.1 Å². The highest BCUT2D eigenvalue weighted by molar-refractivity contribution is 5.90. The van der Waals surface area contributed by atoms with Gasteiger partial charge >= 0.3 is 0 Å². The van der Waals surface area contributed by atoms with Crippen LogP contribution in [0.1, 0.15) is 55.7 Å². The van der Waals surface area contributed by atoms with Crippen molar-refractivity contribution < 1.29 is 4.74 Å². The highest BCUT2D eigenvalue weighted by atomic mass is 16.5. The molecule has 7 heteroatoms. The number of aryl methyl sites for hydroxylation is 1. The lowest BCUT2D eigenvalue weighted by molar-refractivity contribution is 0.0568. The highest BCUT2D eigenvalue weighted by Gasteiger charge is 2.31. The molecule has 0 amide bonds. The first kappa shape index (κ1) is 21.6. The molecule has 6 heterocycles. The summed E-state index contributed by atoms with van der Waals surface area (Å²) in [6, 6.07) is 4.38. The van der Waals surface area contributed by atoms with Crippen LogP contribution < -0.4 is 4.90 Å². The Hall–Kier alpha value is -2.93. The van der Waals surface area contributed by atoms with Crippen molar-refractivity contribution in [3.05, 3.63) is 41.3 Å². The van der Waals surface area contributed by atoms with Crippen molar-refractivity contribution in [3.8, 4) is 11.3 Å². The molecule has 2 saturated heterocycles. The van der Waals surface area contributed by atoms with E-state index in [2.05, 4.69) is 66.0 Å². The summed E-state index contributed by atoms with van der Waals surface area (Å²) in [6.45, 7) is 12.9. The second-order valence-electron chi connectivity index (χ2n) is 10.5. The van der Waals surface area contributed by atoms with E-state index in [0.29, 0.717) is 5.92 Å². The molecule has 4 aromatic heterocycles. The molecule has 6 rings (SSSR count). The first-order valence-corrected chi connectivity index (χ1v) is 12.6. The normalized spacial score (nSPS) is 17.9. The average Bonchev–Trinajstić information content (AvgIpc) is 3.43. The second kappa shape index (κ2) is 8.38. The fourth-order valence-electron chi connectivity index (χ4n) is 5.84. The molecule has 2 aliphatic rings. The van der Waals surface area contributed by atoms with E-state index in [0.717, 1.165) is 71.9 Å². The molecular weight excluding hydrogens is 424 g/mol. The molecule has 0 radical (unpaired) electrons. The molecule has 0 bridgehead atoms. The van der Waals surface area contributed by atoms with Gasteiger partial charge in [-0.25, -0.2) is 14.5 Å². The van der Waals surface area contributed by atoms with E-state index in [4.69, 9.17) is 9.72 Å².